The van der Waals surface area contributed by atoms with Crippen molar-refractivity contribution >= 4 is 21.7 Å². The minimum Gasteiger partial charge on any atom is -0.355 e. The van der Waals surface area contributed by atoms with Crippen LogP contribution in [0.15, 0.2) is 41.3 Å². The van der Waals surface area contributed by atoms with Crippen molar-refractivity contribution in [2.45, 2.75) is 24.7 Å². The number of anilines is 2. The number of benzene rings is 1. The van der Waals surface area contributed by atoms with Gasteiger partial charge in [-0.3, -0.25) is 4.72 Å². The summed E-state index contributed by atoms with van der Waals surface area (Å²) in [5, 5.41) is 8.09. The second kappa shape index (κ2) is 5.92. The number of rotatable bonds is 4. The summed E-state index contributed by atoms with van der Waals surface area (Å²) in [6.07, 6.45) is 2.31. The molecule has 116 valence electrons. The Bertz CT molecular complexity index is 753. The molecule has 1 saturated heterocycles. The monoisotopic (exact) mass is 318 g/mol. The molecule has 1 N–H and O–H groups in total. The molecule has 0 aliphatic carbocycles. The van der Waals surface area contributed by atoms with Gasteiger partial charge in [0.15, 0.2) is 11.6 Å². The van der Waals surface area contributed by atoms with Gasteiger partial charge in [-0.1, -0.05) is 18.2 Å². The molecule has 1 aliphatic heterocycles. The maximum absolute atomic E-state index is 12.4. The molecule has 1 aliphatic rings. The Balaban J connectivity index is 1.79. The summed E-state index contributed by atoms with van der Waals surface area (Å²) in [4.78, 5) is 2.40. The van der Waals surface area contributed by atoms with Crippen LogP contribution < -0.4 is 9.62 Å². The molecular formula is C15H18N4O2S. The SMILES string of the molecule is Cc1ccccc1S(=O)(=O)Nc1ccc(N2CCCC2)nn1. The Morgan fingerprint density at radius 2 is 1.77 bits per heavy atom. The van der Waals surface area contributed by atoms with Gasteiger partial charge in [-0.2, -0.15) is 0 Å². The predicted octanol–water partition coefficient (Wildman–Crippen LogP) is 2.19. The van der Waals surface area contributed by atoms with E-state index in [0.717, 1.165) is 31.7 Å². The number of aromatic nitrogens is 2. The quantitative estimate of drug-likeness (QED) is 0.935. The van der Waals surface area contributed by atoms with E-state index in [2.05, 4.69) is 19.8 Å². The molecule has 0 atom stereocenters. The third-order valence-electron chi connectivity index (χ3n) is 3.70. The van der Waals surface area contributed by atoms with Crippen LogP contribution in [0.5, 0.6) is 0 Å². The molecule has 3 rings (SSSR count). The Kier molecular flexibility index (Phi) is 3.98. The predicted molar refractivity (Wildman–Crippen MR) is 85.5 cm³/mol. The van der Waals surface area contributed by atoms with E-state index in [1.165, 1.54) is 0 Å². The first kappa shape index (κ1) is 14.8. The van der Waals surface area contributed by atoms with Gasteiger partial charge in [-0.05, 0) is 43.5 Å². The lowest BCUT2D eigenvalue weighted by Crippen LogP contribution is -2.20. The molecule has 0 amide bonds. The fourth-order valence-electron chi connectivity index (χ4n) is 2.55. The molecule has 2 aromatic rings. The molecule has 1 fully saturated rings. The largest absolute Gasteiger partial charge is 0.355 e. The van der Waals surface area contributed by atoms with E-state index >= 15 is 0 Å². The molecule has 22 heavy (non-hydrogen) atoms. The summed E-state index contributed by atoms with van der Waals surface area (Å²) < 4.78 is 27.2. The van der Waals surface area contributed by atoms with E-state index < -0.39 is 10.0 Å². The van der Waals surface area contributed by atoms with Crippen molar-refractivity contribution in [3.8, 4) is 0 Å². The van der Waals surface area contributed by atoms with Crippen LogP contribution in [0.2, 0.25) is 0 Å². The molecule has 0 bridgehead atoms. The minimum atomic E-state index is -3.64. The molecule has 6 nitrogen and oxygen atoms in total. The maximum Gasteiger partial charge on any atom is 0.263 e. The van der Waals surface area contributed by atoms with E-state index in [0.29, 0.717) is 5.56 Å². The Morgan fingerprint density at radius 3 is 2.41 bits per heavy atom. The van der Waals surface area contributed by atoms with Gasteiger partial charge in [-0.15, -0.1) is 10.2 Å². The first-order chi connectivity index (χ1) is 10.6. The van der Waals surface area contributed by atoms with Gasteiger partial charge in [0.2, 0.25) is 0 Å². The normalized spacial score (nSPS) is 15.0. The van der Waals surface area contributed by atoms with E-state index in [1.807, 2.05) is 0 Å². The Morgan fingerprint density at radius 1 is 1.05 bits per heavy atom. The van der Waals surface area contributed by atoms with Crippen molar-refractivity contribution in [1.82, 2.24) is 10.2 Å². The van der Waals surface area contributed by atoms with E-state index in [1.54, 1.807) is 43.3 Å². The fourth-order valence-corrected chi connectivity index (χ4v) is 3.79. The zero-order valence-electron chi connectivity index (χ0n) is 12.4. The lowest BCUT2D eigenvalue weighted by atomic mass is 10.2. The van der Waals surface area contributed by atoms with Gasteiger partial charge >= 0.3 is 0 Å². The highest BCUT2D eigenvalue weighted by atomic mass is 32.2. The molecule has 0 spiro atoms. The molecule has 0 unspecified atom stereocenters. The third-order valence-corrected chi connectivity index (χ3v) is 5.22. The zero-order chi connectivity index (χ0) is 15.6. The van der Waals surface area contributed by atoms with Crippen molar-refractivity contribution in [3.63, 3.8) is 0 Å². The molecule has 1 aromatic carbocycles. The average Bonchev–Trinajstić information content (AvgIpc) is 3.02. The first-order valence-corrected chi connectivity index (χ1v) is 8.72. The first-order valence-electron chi connectivity index (χ1n) is 7.23. The number of sulfonamides is 1. The lowest BCUT2D eigenvalue weighted by molar-refractivity contribution is 0.600. The zero-order valence-corrected chi connectivity index (χ0v) is 13.2. The van der Waals surface area contributed by atoms with Gasteiger partial charge in [0.05, 0.1) is 4.90 Å². The highest BCUT2D eigenvalue weighted by Crippen LogP contribution is 2.20. The number of nitrogens with one attached hydrogen (secondary N) is 1. The van der Waals surface area contributed by atoms with Gasteiger partial charge < -0.3 is 4.90 Å². The van der Waals surface area contributed by atoms with E-state index in [9.17, 15) is 8.42 Å². The fraction of sp³-hybridized carbons (Fsp3) is 0.333. The minimum absolute atomic E-state index is 0.228. The highest BCUT2D eigenvalue weighted by molar-refractivity contribution is 7.92. The molecule has 7 heteroatoms. The van der Waals surface area contributed by atoms with Crippen LogP contribution in [0.4, 0.5) is 11.6 Å². The highest BCUT2D eigenvalue weighted by Gasteiger charge is 2.18. The van der Waals surface area contributed by atoms with Crippen LogP contribution in [0.25, 0.3) is 0 Å². The van der Waals surface area contributed by atoms with Crippen molar-refractivity contribution in [2.24, 2.45) is 0 Å². The third kappa shape index (κ3) is 3.04. The summed E-state index contributed by atoms with van der Waals surface area (Å²) >= 11 is 0. The van der Waals surface area contributed by atoms with Gasteiger partial charge in [-0.25, -0.2) is 8.42 Å². The van der Waals surface area contributed by atoms with Crippen LogP contribution in [0.3, 0.4) is 0 Å². The second-order valence-corrected chi connectivity index (χ2v) is 6.99. The Labute approximate surface area is 130 Å². The summed E-state index contributed by atoms with van der Waals surface area (Å²) in [6, 6.07) is 10.3. The van der Waals surface area contributed by atoms with E-state index in [-0.39, 0.29) is 10.7 Å². The van der Waals surface area contributed by atoms with Crippen LogP contribution in [-0.4, -0.2) is 31.7 Å². The van der Waals surface area contributed by atoms with Crippen molar-refractivity contribution in [1.29, 1.82) is 0 Å². The smallest absolute Gasteiger partial charge is 0.263 e. The molecular weight excluding hydrogens is 300 g/mol. The molecule has 0 saturated carbocycles. The molecule has 2 heterocycles. The van der Waals surface area contributed by atoms with Crippen molar-refractivity contribution in [2.75, 3.05) is 22.7 Å². The lowest BCUT2D eigenvalue weighted by Gasteiger charge is -2.15. The summed E-state index contributed by atoms with van der Waals surface area (Å²) in [5.41, 5.74) is 0.691. The summed E-state index contributed by atoms with van der Waals surface area (Å²) in [6.45, 7) is 3.71. The van der Waals surface area contributed by atoms with Crippen molar-refractivity contribution in [3.05, 3.63) is 42.0 Å². The summed E-state index contributed by atoms with van der Waals surface area (Å²) in [7, 11) is -3.64. The topological polar surface area (TPSA) is 75.2 Å². The maximum atomic E-state index is 12.4. The van der Waals surface area contributed by atoms with Crippen molar-refractivity contribution < 1.29 is 8.42 Å². The molecule has 0 radical (unpaired) electrons. The molecule has 1 aromatic heterocycles. The van der Waals surface area contributed by atoms with Crippen LogP contribution in [0.1, 0.15) is 18.4 Å². The van der Waals surface area contributed by atoms with Gasteiger partial charge in [0, 0.05) is 13.1 Å². The second-order valence-electron chi connectivity index (χ2n) is 5.34. The number of nitrogens with zero attached hydrogens (tertiary/aromatic N) is 3. The summed E-state index contributed by atoms with van der Waals surface area (Å²) in [5.74, 6) is 1.02. The average molecular weight is 318 g/mol. The number of hydrogen-bond acceptors (Lipinski definition) is 5. The van der Waals surface area contributed by atoms with Gasteiger partial charge in [0.25, 0.3) is 10.0 Å². The van der Waals surface area contributed by atoms with Crippen LogP contribution >= 0.6 is 0 Å². The van der Waals surface area contributed by atoms with Gasteiger partial charge in [0.1, 0.15) is 0 Å². The van der Waals surface area contributed by atoms with Crippen LogP contribution in [-0.2, 0) is 10.0 Å². The standard InChI is InChI=1S/C15H18N4O2S/c1-12-6-2-3-7-13(12)22(20,21)18-14-8-9-15(17-16-14)19-10-4-5-11-19/h2-3,6-9H,4-5,10-11H2,1H3,(H,16,18). The number of hydrogen-bond donors (Lipinski definition) is 1. The van der Waals surface area contributed by atoms with E-state index in [4.69, 9.17) is 0 Å². The van der Waals surface area contributed by atoms with Crippen LogP contribution in [0, 0.1) is 6.92 Å². The Hall–Kier alpha value is -2.15. The number of aryl methyl sites for hydroxylation is 1.